The molecule has 1 rings (SSSR count). The van der Waals surface area contributed by atoms with Crippen molar-refractivity contribution in [3.63, 3.8) is 0 Å². The van der Waals surface area contributed by atoms with E-state index in [1.165, 1.54) is 6.20 Å². The molecule has 0 amide bonds. The predicted molar refractivity (Wildman–Crippen MR) is 61.8 cm³/mol. The Bertz CT molecular complexity index is 539. The summed E-state index contributed by atoms with van der Waals surface area (Å²) in [6.45, 7) is 0. The Kier molecular flexibility index (Phi) is 4.09. The lowest BCUT2D eigenvalue weighted by molar-refractivity contribution is 1.43. The highest BCUT2D eigenvalue weighted by molar-refractivity contribution is 9.10. The number of allylic oxidation sites excluding steroid dienone is 1. The summed E-state index contributed by atoms with van der Waals surface area (Å²) in [6, 6.07) is 10.5. The maximum absolute atomic E-state index is 8.71. The van der Waals surface area contributed by atoms with Gasteiger partial charge in [0.1, 0.15) is 23.8 Å². The third-order valence-electron chi connectivity index (χ3n) is 1.71. The van der Waals surface area contributed by atoms with Crippen molar-refractivity contribution in [2.45, 2.75) is 0 Å². The molecular formula is C11H5BrN4. The maximum Gasteiger partial charge on any atom is 0.145 e. The number of nitrogens with zero attached hydrogens (tertiary/aromatic N) is 3. The Morgan fingerprint density at radius 2 is 1.94 bits per heavy atom. The Labute approximate surface area is 101 Å². The highest BCUT2D eigenvalue weighted by atomic mass is 79.9. The van der Waals surface area contributed by atoms with E-state index in [0.29, 0.717) is 15.7 Å². The van der Waals surface area contributed by atoms with Crippen molar-refractivity contribution >= 4 is 21.6 Å². The SMILES string of the molecule is N#CC(C#N)=CNc1ccc(C#N)c(Br)c1. The van der Waals surface area contributed by atoms with E-state index in [-0.39, 0.29) is 5.57 Å². The highest BCUT2D eigenvalue weighted by Gasteiger charge is 1.99. The van der Waals surface area contributed by atoms with E-state index in [2.05, 4.69) is 21.2 Å². The van der Waals surface area contributed by atoms with Gasteiger partial charge in [-0.25, -0.2) is 0 Å². The molecule has 0 spiro atoms. The van der Waals surface area contributed by atoms with Crippen LogP contribution in [-0.4, -0.2) is 0 Å². The first-order valence-corrected chi connectivity index (χ1v) is 4.97. The van der Waals surface area contributed by atoms with Gasteiger partial charge < -0.3 is 5.32 Å². The summed E-state index contributed by atoms with van der Waals surface area (Å²) in [5, 5.41) is 28.5. The summed E-state index contributed by atoms with van der Waals surface area (Å²) >= 11 is 3.24. The minimum absolute atomic E-state index is 0.0134. The Balaban J connectivity index is 2.91. The molecule has 0 fully saturated rings. The number of halogens is 1. The van der Waals surface area contributed by atoms with Crippen molar-refractivity contribution in [3.05, 3.63) is 40.0 Å². The molecule has 0 heterocycles. The van der Waals surface area contributed by atoms with E-state index in [1.807, 2.05) is 6.07 Å². The van der Waals surface area contributed by atoms with Crippen LogP contribution >= 0.6 is 15.9 Å². The fraction of sp³-hybridized carbons (Fsp3) is 0. The van der Waals surface area contributed by atoms with Gasteiger partial charge in [0, 0.05) is 16.4 Å². The zero-order valence-electron chi connectivity index (χ0n) is 8.03. The van der Waals surface area contributed by atoms with E-state index in [4.69, 9.17) is 15.8 Å². The average Bonchev–Trinajstić information content (AvgIpc) is 2.30. The van der Waals surface area contributed by atoms with Crippen LogP contribution in [-0.2, 0) is 0 Å². The van der Waals surface area contributed by atoms with Crippen molar-refractivity contribution in [1.82, 2.24) is 0 Å². The molecule has 76 valence electrons. The van der Waals surface area contributed by atoms with Crippen LogP contribution in [0.3, 0.4) is 0 Å². The van der Waals surface area contributed by atoms with Gasteiger partial charge >= 0.3 is 0 Å². The molecule has 0 atom stereocenters. The standard InChI is InChI=1S/C11H5BrN4/c12-11-3-10(2-1-9(11)6-15)16-7-8(4-13)5-14/h1-3,7,16H. The average molecular weight is 273 g/mol. The summed E-state index contributed by atoms with van der Waals surface area (Å²) in [7, 11) is 0. The van der Waals surface area contributed by atoms with Gasteiger partial charge in [0.25, 0.3) is 0 Å². The van der Waals surface area contributed by atoms with Gasteiger partial charge in [0.2, 0.25) is 0 Å². The van der Waals surface area contributed by atoms with Crippen LogP contribution in [0.5, 0.6) is 0 Å². The van der Waals surface area contributed by atoms with Gasteiger partial charge in [0.05, 0.1) is 5.56 Å². The fourth-order valence-corrected chi connectivity index (χ4v) is 1.41. The lowest BCUT2D eigenvalue weighted by Gasteiger charge is -2.01. The van der Waals surface area contributed by atoms with Gasteiger partial charge in [0.15, 0.2) is 0 Å². The molecule has 5 heteroatoms. The predicted octanol–water partition coefficient (Wildman–Crippen LogP) is 2.66. The van der Waals surface area contributed by atoms with Crippen molar-refractivity contribution in [3.8, 4) is 18.2 Å². The molecule has 0 bridgehead atoms. The second kappa shape index (κ2) is 5.56. The second-order valence-electron chi connectivity index (χ2n) is 2.73. The second-order valence-corrected chi connectivity index (χ2v) is 3.59. The topological polar surface area (TPSA) is 83.4 Å². The number of rotatable bonds is 2. The third kappa shape index (κ3) is 2.85. The van der Waals surface area contributed by atoms with Gasteiger partial charge in [-0.05, 0) is 34.1 Å². The van der Waals surface area contributed by atoms with Gasteiger partial charge in [-0.3, -0.25) is 0 Å². The van der Waals surface area contributed by atoms with Crippen LogP contribution in [0.4, 0.5) is 5.69 Å². The van der Waals surface area contributed by atoms with Gasteiger partial charge in [-0.2, -0.15) is 15.8 Å². The Morgan fingerprint density at radius 3 is 2.44 bits per heavy atom. The molecule has 1 aromatic carbocycles. The van der Waals surface area contributed by atoms with Crippen LogP contribution in [0.25, 0.3) is 0 Å². The number of anilines is 1. The molecule has 0 aromatic heterocycles. The molecule has 4 nitrogen and oxygen atoms in total. The minimum Gasteiger partial charge on any atom is -0.360 e. The van der Waals surface area contributed by atoms with Gasteiger partial charge in [-0.1, -0.05) is 0 Å². The monoisotopic (exact) mass is 272 g/mol. The van der Waals surface area contributed by atoms with E-state index in [1.54, 1.807) is 30.3 Å². The zero-order chi connectivity index (χ0) is 12.0. The molecule has 0 saturated heterocycles. The Hall–Kier alpha value is -2.29. The molecule has 0 radical (unpaired) electrons. The number of hydrogen-bond donors (Lipinski definition) is 1. The first-order chi connectivity index (χ1) is 7.71. The Morgan fingerprint density at radius 1 is 1.25 bits per heavy atom. The summed E-state index contributed by atoms with van der Waals surface area (Å²) in [4.78, 5) is 0. The van der Waals surface area contributed by atoms with Crippen molar-refractivity contribution < 1.29 is 0 Å². The summed E-state index contributed by atoms with van der Waals surface area (Å²) in [5.41, 5.74) is 1.20. The molecule has 0 aliphatic rings. The molecule has 1 aromatic rings. The quantitative estimate of drug-likeness (QED) is 0.839. The van der Waals surface area contributed by atoms with Crippen LogP contribution in [0.15, 0.2) is 34.4 Å². The zero-order valence-corrected chi connectivity index (χ0v) is 9.62. The molecule has 0 saturated carbocycles. The van der Waals surface area contributed by atoms with E-state index >= 15 is 0 Å². The van der Waals surface area contributed by atoms with Crippen LogP contribution in [0.2, 0.25) is 0 Å². The van der Waals surface area contributed by atoms with Crippen LogP contribution in [0, 0.1) is 34.0 Å². The minimum atomic E-state index is -0.0134. The highest BCUT2D eigenvalue weighted by Crippen LogP contribution is 2.20. The fourth-order valence-electron chi connectivity index (χ4n) is 0.941. The van der Waals surface area contributed by atoms with Gasteiger partial charge in [-0.15, -0.1) is 0 Å². The number of nitriles is 3. The lowest BCUT2D eigenvalue weighted by atomic mass is 10.2. The number of nitrogens with one attached hydrogen (secondary N) is 1. The summed E-state index contributed by atoms with van der Waals surface area (Å²) in [6.07, 6.45) is 1.31. The number of benzene rings is 1. The number of hydrogen-bond acceptors (Lipinski definition) is 4. The van der Waals surface area contributed by atoms with Crippen molar-refractivity contribution in [1.29, 1.82) is 15.8 Å². The molecule has 1 N–H and O–H groups in total. The first-order valence-electron chi connectivity index (χ1n) is 4.18. The molecular weight excluding hydrogens is 268 g/mol. The van der Waals surface area contributed by atoms with Crippen LogP contribution < -0.4 is 5.32 Å². The normalized spacial score (nSPS) is 8.12. The summed E-state index contributed by atoms with van der Waals surface area (Å²) in [5.74, 6) is 0. The molecule has 16 heavy (non-hydrogen) atoms. The molecule has 0 aliphatic heterocycles. The largest absolute Gasteiger partial charge is 0.360 e. The van der Waals surface area contributed by atoms with E-state index in [0.717, 1.165) is 0 Å². The third-order valence-corrected chi connectivity index (χ3v) is 2.37. The summed E-state index contributed by atoms with van der Waals surface area (Å²) < 4.78 is 0.656. The molecule has 0 aliphatic carbocycles. The van der Waals surface area contributed by atoms with Crippen molar-refractivity contribution in [2.75, 3.05) is 5.32 Å². The van der Waals surface area contributed by atoms with Crippen molar-refractivity contribution in [2.24, 2.45) is 0 Å². The van der Waals surface area contributed by atoms with E-state index < -0.39 is 0 Å². The first kappa shape index (κ1) is 11.8. The lowest BCUT2D eigenvalue weighted by Crippen LogP contribution is -1.90. The van der Waals surface area contributed by atoms with E-state index in [9.17, 15) is 0 Å². The molecule has 0 unspecified atom stereocenters. The smallest absolute Gasteiger partial charge is 0.145 e. The van der Waals surface area contributed by atoms with Crippen LogP contribution in [0.1, 0.15) is 5.56 Å². The maximum atomic E-state index is 8.71.